The zero-order chi connectivity index (χ0) is 25.5. The van der Waals surface area contributed by atoms with Gasteiger partial charge in [0.1, 0.15) is 12.6 Å². The number of amides is 2. The van der Waals surface area contributed by atoms with Crippen LogP contribution in [-0.4, -0.2) is 50.5 Å². The van der Waals surface area contributed by atoms with Gasteiger partial charge in [-0.1, -0.05) is 55.3 Å². The largest absolute Gasteiger partial charge is 0.354 e. The predicted molar refractivity (Wildman–Crippen MR) is 137 cm³/mol. The van der Waals surface area contributed by atoms with Crippen LogP contribution in [-0.2, 0) is 26.2 Å². The molecule has 0 aliphatic carbocycles. The monoisotopic (exact) mass is 487 g/mol. The first-order chi connectivity index (χ1) is 16.0. The Bertz CT molecular complexity index is 1110. The van der Waals surface area contributed by atoms with Crippen LogP contribution >= 0.6 is 0 Å². The Kier molecular flexibility index (Phi) is 9.67. The molecule has 0 saturated heterocycles. The topological polar surface area (TPSA) is 86.8 Å². The zero-order valence-corrected chi connectivity index (χ0v) is 21.9. The number of carbonyl (C=O) groups is 2. The van der Waals surface area contributed by atoms with Crippen molar-refractivity contribution in [3.63, 3.8) is 0 Å². The van der Waals surface area contributed by atoms with E-state index in [-0.39, 0.29) is 19.0 Å². The highest BCUT2D eigenvalue weighted by Gasteiger charge is 2.30. The lowest BCUT2D eigenvalue weighted by atomic mass is 10.1. The SMILES string of the molecule is CCCCNC(=O)C(C)N(Cc1cccc(C)c1)C(=O)CN(c1cccc(C)c1C)S(C)(=O)=O. The molecule has 34 heavy (non-hydrogen) atoms. The van der Waals surface area contributed by atoms with Crippen LogP contribution in [0.15, 0.2) is 42.5 Å². The molecule has 8 heteroatoms. The Labute approximate surface area is 204 Å². The van der Waals surface area contributed by atoms with E-state index in [0.29, 0.717) is 12.2 Å². The van der Waals surface area contributed by atoms with Gasteiger partial charge in [-0.25, -0.2) is 8.42 Å². The van der Waals surface area contributed by atoms with E-state index in [2.05, 4.69) is 5.32 Å². The van der Waals surface area contributed by atoms with Crippen molar-refractivity contribution >= 4 is 27.5 Å². The minimum atomic E-state index is -3.74. The van der Waals surface area contributed by atoms with Gasteiger partial charge < -0.3 is 10.2 Å². The summed E-state index contributed by atoms with van der Waals surface area (Å²) in [6.07, 6.45) is 2.88. The van der Waals surface area contributed by atoms with Crippen molar-refractivity contribution in [3.05, 3.63) is 64.7 Å². The van der Waals surface area contributed by atoms with Crippen molar-refractivity contribution in [3.8, 4) is 0 Å². The fraction of sp³-hybridized carbons (Fsp3) is 0.462. The highest BCUT2D eigenvalue weighted by Crippen LogP contribution is 2.25. The standard InChI is InChI=1S/C26H37N3O4S/c1-7-8-15-27-26(31)22(5)28(17-23-13-9-11-19(2)16-23)25(30)18-29(34(6,32)33)24-14-10-12-20(3)21(24)4/h9-14,16,22H,7-8,15,17-18H2,1-6H3,(H,27,31). The number of sulfonamides is 1. The third kappa shape index (κ3) is 7.32. The Morgan fingerprint density at radius 1 is 1.06 bits per heavy atom. The molecule has 2 rings (SSSR count). The van der Waals surface area contributed by atoms with Gasteiger partial charge in [-0.15, -0.1) is 0 Å². The van der Waals surface area contributed by atoms with E-state index in [4.69, 9.17) is 0 Å². The highest BCUT2D eigenvalue weighted by molar-refractivity contribution is 7.92. The minimum Gasteiger partial charge on any atom is -0.354 e. The van der Waals surface area contributed by atoms with Gasteiger partial charge in [-0.3, -0.25) is 13.9 Å². The number of unbranched alkanes of at least 4 members (excludes halogenated alkanes) is 1. The van der Waals surface area contributed by atoms with Crippen molar-refractivity contribution in [2.75, 3.05) is 23.7 Å². The maximum absolute atomic E-state index is 13.6. The maximum Gasteiger partial charge on any atom is 0.244 e. The average molecular weight is 488 g/mol. The number of benzene rings is 2. The molecule has 0 saturated carbocycles. The number of nitrogens with zero attached hydrogens (tertiary/aromatic N) is 2. The van der Waals surface area contributed by atoms with Gasteiger partial charge in [0.15, 0.2) is 0 Å². The molecule has 2 aromatic carbocycles. The summed E-state index contributed by atoms with van der Waals surface area (Å²) in [7, 11) is -3.74. The number of rotatable bonds is 11. The van der Waals surface area contributed by atoms with E-state index in [1.807, 2.05) is 58.0 Å². The number of carbonyl (C=O) groups excluding carboxylic acids is 2. The summed E-state index contributed by atoms with van der Waals surface area (Å²) in [5.74, 6) is -0.696. The second kappa shape index (κ2) is 12.0. The Morgan fingerprint density at radius 2 is 1.74 bits per heavy atom. The van der Waals surface area contributed by atoms with Crippen LogP contribution in [0.3, 0.4) is 0 Å². The molecule has 0 aliphatic rings. The molecule has 1 N–H and O–H groups in total. The fourth-order valence-electron chi connectivity index (χ4n) is 3.73. The molecular formula is C26H37N3O4S. The number of hydrogen-bond acceptors (Lipinski definition) is 4. The van der Waals surface area contributed by atoms with E-state index < -0.39 is 22.0 Å². The summed E-state index contributed by atoms with van der Waals surface area (Å²) in [4.78, 5) is 27.9. The highest BCUT2D eigenvalue weighted by atomic mass is 32.2. The molecule has 0 aliphatic heterocycles. The van der Waals surface area contributed by atoms with Gasteiger partial charge >= 0.3 is 0 Å². The quantitative estimate of drug-likeness (QED) is 0.490. The number of nitrogens with one attached hydrogen (secondary N) is 1. The van der Waals surface area contributed by atoms with Crippen molar-refractivity contribution in [1.82, 2.24) is 10.2 Å². The maximum atomic E-state index is 13.6. The average Bonchev–Trinajstić information content (AvgIpc) is 2.76. The van der Waals surface area contributed by atoms with E-state index in [9.17, 15) is 18.0 Å². The van der Waals surface area contributed by atoms with Crippen LogP contribution in [0.2, 0.25) is 0 Å². The molecule has 0 bridgehead atoms. The molecule has 0 radical (unpaired) electrons. The van der Waals surface area contributed by atoms with Gasteiger partial charge in [0, 0.05) is 13.1 Å². The van der Waals surface area contributed by atoms with Gasteiger partial charge in [-0.05, 0) is 56.9 Å². The molecule has 0 fully saturated rings. The summed E-state index contributed by atoms with van der Waals surface area (Å²) in [6, 6.07) is 12.3. The van der Waals surface area contributed by atoms with Crippen LogP contribution in [0, 0.1) is 20.8 Å². The van der Waals surface area contributed by atoms with Gasteiger partial charge in [-0.2, -0.15) is 0 Å². The molecule has 186 valence electrons. The predicted octanol–water partition coefficient (Wildman–Crippen LogP) is 3.71. The van der Waals surface area contributed by atoms with Crippen LogP contribution in [0.5, 0.6) is 0 Å². The molecule has 0 heterocycles. The molecule has 7 nitrogen and oxygen atoms in total. The van der Waals surface area contributed by atoms with Crippen molar-refractivity contribution in [1.29, 1.82) is 0 Å². The van der Waals surface area contributed by atoms with Crippen LogP contribution in [0.25, 0.3) is 0 Å². The molecule has 0 aromatic heterocycles. The lowest BCUT2D eigenvalue weighted by Gasteiger charge is -2.32. The lowest BCUT2D eigenvalue weighted by Crippen LogP contribution is -2.51. The summed E-state index contributed by atoms with van der Waals surface area (Å²) >= 11 is 0. The summed E-state index contributed by atoms with van der Waals surface area (Å²) in [5.41, 5.74) is 4.10. The summed E-state index contributed by atoms with van der Waals surface area (Å²) < 4.78 is 26.5. The molecule has 2 aromatic rings. The first kappa shape index (κ1) is 27.4. The van der Waals surface area contributed by atoms with E-state index in [0.717, 1.165) is 45.7 Å². The minimum absolute atomic E-state index is 0.202. The van der Waals surface area contributed by atoms with Crippen LogP contribution < -0.4 is 9.62 Å². The first-order valence-electron chi connectivity index (χ1n) is 11.6. The summed E-state index contributed by atoms with van der Waals surface area (Å²) in [6.45, 7) is 9.75. The van der Waals surface area contributed by atoms with Crippen molar-refractivity contribution in [2.45, 2.75) is 60.0 Å². The van der Waals surface area contributed by atoms with Crippen molar-refractivity contribution < 1.29 is 18.0 Å². The fourth-order valence-corrected chi connectivity index (χ4v) is 4.63. The lowest BCUT2D eigenvalue weighted by molar-refractivity contribution is -0.139. The van der Waals surface area contributed by atoms with Gasteiger partial charge in [0.2, 0.25) is 21.8 Å². The number of aryl methyl sites for hydroxylation is 2. The second-order valence-electron chi connectivity index (χ2n) is 8.82. The van der Waals surface area contributed by atoms with Crippen molar-refractivity contribution in [2.24, 2.45) is 0 Å². The van der Waals surface area contributed by atoms with Crippen LogP contribution in [0.1, 0.15) is 48.9 Å². The molecule has 1 unspecified atom stereocenters. The van der Waals surface area contributed by atoms with E-state index in [1.165, 1.54) is 4.90 Å². The third-order valence-electron chi connectivity index (χ3n) is 5.96. The van der Waals surface area contributed by atoms with Crippen LogP contribution in [0.4, 0.5) is 5.69 Å². The van der Waals surface area contributed by atoms with E-state index in [1.54, 1.807) is 19.1 Å². The second-order valence-corrected chi connectivity index (χ2v) is 10.7. The number of hydrogen-bond donors (Lipinski definition) is 1. The molecule has 0 spiro atoms. The first-order valence-corrected chi connectivity index (χ1v) is 13.5. The number of anilines is 1. The Morgan fingerprint density at radius 3 is 2.35 bits per heavy atom. The zero-order valence-electron chi connectivity index (χ0n) is 21.1. The van der Waals surface area contributed by atoms with Gasteiger partial charge in [0.25, 0.3) is 0 Å². The molecule has 2 amide bonds. The smallest absolute Gasteiger partial charge is 0.244 e. The molecular weight excluding hydrogens is 450 g/mol. The Balaban J connectivity index is 2.39. The molecule has 1 atom stereocenters. The van der Waals surface area contributed by atoms with E-state index >= 15 is 0 Å². The normalized spacial score (nSPS) is 12.2. The summed E-state index contributed by atoms with van der Waals surface area (Å²) in [5, 5.41) is 2.88. The van der Waals surface area contributed by atoms with Gasteiger partial charge in [0.05, 0.1) is 11.9 Å². The third-order valence-corrected chi connectivity index (χ3v) is 7.08. The Hall–Kier alpha value is -2.87.